The predicted octanol–water partition coefficient (Wildman–Crippen LogP) is 11.8. The van der Waals surface area contributed by atoms with Crippen LogP contribution >= 0.6 is 7.14 Å². The van der Waals surface area contributed by atoms with E-state index in [9.17, 15) is 0 Å². The van der Waals surface area contributed by atoms with E-state index in [1.165, 1.54) is 71.6 Å². The smallest absolute Gasteiger partial charge is 0.171 e. The fourth-order valence-electron chi connectivity index (χ4n) is 8.89. The minimum Gasteiger partial charge on any atom is -0.309 e. The summed E-state index contributed by atoms with van der Waals surface area (Å²) in [4.78, 5) is 0. The van der Waals surface area contributed by atoms with E-state index in [1.54, 1.807) is 0 Å². The van der Waals surface area contributed by atoms with Gasteiger partial charge in [0.05, 0.1) is 0 Å². The van der Waals surface area contributed by atoms with Gasteiger partial charge in [-0.2, -0.15) is 0 Å². The van der Waals surface area contributed by atoms with Crippen molar-refractivity contribution in [3.63, 3.8) is 0 Å². The quantitative estimate of drug-likeness (QED) is 0.124. The van der Waals surface area contributed by atoms with Crippen LogP contribution in [0.15, 0.2) is 188 Å². The molecule has 0 heterocycles. The monoisotopic (exact) mass is 710 g/mol. The molecule has 0 atom stereocenters. The van der Waals surface area contributed by atoms with Gasteiger partial charge in [0.1, 0.15) is 0 Å². The van der Waals surface area contributed by atoms with Crippen LogP contribution in [0.3, 0.4) is 0 Å². The molecule has 258 valence electrons. The Hall–Kier alpha value is -6.01. The van der Waals surface area contributed by atoms with Crippen LogP contribution in [0.25, 0.3) is 49.4 Å². The molecular formula is C52H39OP. The molecule has 8 aromatic carbocycles. The Balaban J connectivity index is 1.17. The zero-order chi connectivity index (χ0) is 36.1. The normalized spacial score (nSPS) is 13.7. The molecule has 0 aliphatic heterocycles. The second-order valence-electron chi connectivity index (χ2n) is 14.6. The van der Waals surface area contributed by atoms with Gasteiger partial charge in [-0.25, -0.2) is 0 Å². The summed E-state index contributed by atoms with van der Waals surface area (Å²) in [6.45, 7) is 0. The Morgan fingerprint density at radius 2 is 1.00 bits per heavy atom. The SMILES string of the molecule is O=P(c1ccccc1)(c1ccccc1)c1cccc(C2=CCc3c(c(-c4ccc5c(c4)CC=CC5)c4ccccc4c3-c3ccc4ccccc4c3)C2)c1. The number of benzene rings is 8. The molecule has 0 aromatic heterocycles. The first-order chi connectivity index (χ1) is 26.6. The highest BCUT2D eigenvalue weighted by atomic mass is 31.2. The second kappa shape index (κ2) is 13.4. The number of fused-ring (bicyclic) bond motifs is 4. The predicted molar refractivity (Wildman–Crippen MR) is 230 cm³/mol. The van der Waals surface area contributed by atoms with Crippen molar-refractivity contribution < 1.29 is 4.57 Å². The summed E-state index contributed by atoms with van der Waals surface area (Å²) >= 11 is 0. The van der Waals surface area contributed by atoms with Crippen molar-refractivity contribution in [2.45, 2.75) is 25.7 Å². The van der Waals surface area contributed by atoms with Gasteiger partial charge in [0, 0.05) is 15.9 Å². The third-order valence-electron chi connectivity index (χ3n) is 11.5. The van der Waals surface area contributed by atoms with Crippen molar-refractivity contribution in [3.8, 4) is 22.3 Å². The lowest BCUT2D eigenvalue weighted by molar-refractivity contribution is 0.592. The van der Waals surface area contributed by atoms with Crippen LogP contribution in [0.4, 0.5) is 0 Å². The van der Waals surface area contributed by atoms with E-state index in [0.29, 0.717) is 0 Å². The zero-order valence-corrected chi connectivity index (χ0v) is 31.0. The van der Waals surface area contributed by atoms with Crippen LogP contribution in [-0.4, -0.2) is 0 Å². The molecule has 0 saturated heterocycles. The minimum absolute atomic E-state index is 0.789. The molecule has 2 heteroatoms. The highest BCUT2D eigenvalue weighted by Gasteiger charge is 2.31. The van der Waals surface area contributed by atoms with Crippen LogP contribution in [0, 0.1) is 0 Å². The van der Waals surface area contributed by atoms with E-state index in [1.807, 2.05) is 60.7 Å². The zero-order valence-electron chi connectivity index (χ0n) is 30.1. The van der Waals surface area contributed by atoms with Crippen LogP contribution in [0.1, 0.15) is 27.8 Å². The van der Waals surface area contributed by atoms with Crippen molar-refractivity contribution in [1.82, 2.24) is 0 Å². The largest absolute Gasteiger partial charge is 0.309 e. The number of allylic oxidation sites excluding steroid dienone is 4. The van der Waals surface area contributed by atoms with E-state index in [0.717, 1.165) is 47.2 Å². The van der Waals surface area contributed by atoms with Crippen LogP contribution in [0.5, 0.6) is 0 Å². The van der Waals surface area contributed by atoms with Gasteiger partial charge in [0.25, 0.3) is 0 Å². The molecule has 0 amide bonds. The molecule has 0 radical (unpaired) electrons. The molecule has 10 rings (SSSR count). The highest BCUT2D eigenvalue weighted by Crippen LogP contribution is 2.47. The second-order valence-corrected chi connectivity index (χ2v) is 17.4. The summed E-state index contributed by atoms with van der Waals surface area (Å²) in [5.74, 6) is 0. The first-order valence-corrected chi connectivity index (χ1v) is 20.7. The Bertz CT molecular complexity index is 2800. The van der Waals surface area contributed by atoms with Gasteiger partial charge in [0.15, 0.2) is 7.14 Å². The van der Waals surface area contributed by atoms with E-state index < -0.39 is 7.14 Å². The first kappa shape index (κ1) is 32.6. The molecule has 0 spiro atoms. The fourth-order valence-corrected chi connectivity index (χ4v) is 11.6. The third-order valence-corrected chi connectivity index (χ3v) is 14.6. The van der Waals surface area contributed by atoms with E-state index >= 15 is 4.57 Å². The maximum absolute atomic E-state index is 15.4. The summed E-state index contributed by atoms with van der Waals surface area (Å²) in [7, 11) is -3.12. The lowest BCUT2D eigenvalue weighted by Crippen LogP contribution is -2.25. The standard InChI is InChI=1S/C52H39OP/c53-54(44-19-3-1-4-20-44,45-21-5-2-6-22-45)46-23-13-18-40(34-46)41-30-31-49-50(35-41)52(43-29-27-37-15-8-10-17-39(37)33-43)48-25-12-11-24-47(48)51(49)42-28-26-36-14-7-9-16-38(36)32-42/h1-14,16,18-30,32-34H,15,17,31,35H2. The lowest BCUT2D eigenvalue weighted by Gasteiger charge is -2.28. The lowest BCUT2D eigenvalue weighted by atomic mass is 9.76. The molecule has 54 heavy (non-hydrogen) atoms. The molecular weight excluding hydrogens is 672 g/mol. The Labute approximate surface area is 317 Å². The van der Waals surface area contributed by atoms with Gasteiger partial charge >= 0.3 is 0 Å². The van der Waals surface area contributed by atoms with Gasteiger partial charge in [-0.1, -0.05) is 176 Å². The summed E-state index contributed by atoms with van der Waals surface area (Å²) in [5, 5.41) is 7.67. The Kier molecular flexibility index (Phi) is 8.12. The van der Waals surface area contributed by atoms with Gasteiger partial charge in [-0.15, -0.1) is 0 Å². The Morgan fingerprint density at radius 3 is 1.74 bits per heavy atom. The molecule has 2 aliphatic rings. The summed E-state index contributed by atoms with van der Waals surface area (Å²) in [6, 6.07) is 60.3. The molecule has 8 aromatic rings. The minimum atomic E-state index is -3.12. The van der Waals surface area contributed by atoms with Crippen LogP contribution < -0.4 is 15.9 Å². The molecule has 0 bridgehead atoms. The average molecular weight is 711 g/mol. The summed E-state index contributed by atoms with van der Waals surface area (Å²) in [5.41, 5.74) is 13.3. The van der Waals surface area contributed by atoms with E-state index in [4.69, 9.17) is 0 Å². The van der Waals surface area contributed by atoms with Crippen molar-refractivity contribution in [1.29, 1.82) is 0 Å². The van der Waals surface area contributed by atoms with E-state index in [2.05, 4.69) is 127 Å². The maximum Gasteiger partial charge on any atom is 0.171 e. The van der Waals surface area contributed by atoms with Gasteiger partial charge < -0.3 is 4.57 Å². The molecule has 1 nitrogen and oxygen atoms in total. The van der Waals surface area contributed by atoms with Crippen LogP contribution in [0.2, 0.25) is 0 Å². The Morgan fingerprint density at radius 1 is 0.407 bits per heavy atom. The van der Waals surface area contributed by atoms with Gasteiger partial charge in [0.2, 0.25) is 0 Å². The number of hydrogen-bond donors (Lipinski definition) is 0. The van der Waals surface area contributed by atoms with Crippen molar-refractivity contribution >= 4 is 50.2 Å². The first-order valence-electron chi connectivity index (χ1n) is 19.0. The summed E-state index contributed by atoms with van der Waals surface area (Å²) < 4.78 is 15.4. The topological polar surface area (TPSA) is 17.1 Å². The van der Waals surface area contributed by atoms with Crippen LogP contribution in [-0.2, 0) is 30.2 Å². The summed E-state index contributed by atoms with van der Waals surface area (Å²) in [6.07, 6.45) is 10.6. The van der Waals surface area contributed by atoms with Crippen molar-refractivity contribution in [2.24, 2.45) is 0 Å². The van der Waals surface area contributed by atoms with Gasteiger partial charge in [-0.3, -0.25) is 0 Å². The third kappa shape index (κ3) is 5.51. The molecule has 0 fully saturated rings. The maximum atomic E-state index is 15.4. The molecule has 0 saturated carbocycles. The van der Waals surface area contributed by atoms with Crippen molar-refractivity contribution in [2.75, 3.05) is 0 Å². The van der Waals surface area contributed by atoms with E-state index in [-0.39, 0.29) is 0 Å². The number of rotatable bonds is 6. The molecule has 2 aliphatic carbocycles. The van der Waals surface area contributed by atoms with Crippen molar-refractivity contribution in [3.05, 3.63) is 216 Å². The van der Waals surface area contributed by atoms with Gasteiger partial charge in [-0.05, 0) is 115 Å². The molecule has 0 unspecified atom stereocenters. The molecule has 0 N–H and O–H groups in total. The number of hydrogen-bond acceptors (Lipinski definition) is 1. The average Bonchev–Trinajstić information content (AvgIpc) is 3.25. The highest BCUT2D eigenvalue weighted by molar-refractivity contribution is 7.85. The fraction of sp³-hybridized carbons (Fsp3) is 0.0769.